The van der Waals surface area contributed by atoms with Crippen LogP contribution in [0.2, 0.25) is 5.02 Å². The van der Waals surface area contributed by atoms with Crippen molar-refractivity contribution in [3.05, 3.63) is 43.7 Å². The minimum atomic E-state index is -0.200. The average Bonchev–Trinajstić information content (AvgIpc) is 2.27. The molecule has 17 heavy (non-hydrogen) atoms. The normalized spacial score (nSPS) is 9.53. The van der Waals surface area contributed by atoms with Crippen LogP contribution in [0.3, 0.4) is 0 Å². The van der Waals surface area contributed by atoms with Crippen LogP contribution < -0.4 is 5.32 Å². The summed E-state index contributed by atoms with van der Waals surface area (Å²) in [6.07, 6.45) is 0.609. The number of halogens is 2. The van der Waals surface area contributed by atoms with E-state index in [4.69, 9.17) is 17.1 Å². The average molecular weight is 318 g/mol. The zero-order chi connectivity index (χ0) is 12.7. The lowest BCUT2D eigenvalue weighted by Gasteiger charge is -2.05. The minimum absolute atomic E-state index is 0.200. The molecule has 0 saturated carbocycles. The predicted octanol–water partition coefficient (Wildman–Crippen LogP) is 3.53. The Kier molecular flexibility index (Phi) is 5.83. The molecule has 7 heteroatoms. The Bertz CT molecular complexity index is 439. The molecular weight excluding hydrogens is 307 g/mol. The Labute approximate surface area is 112 Å². The van der Waals surface area contributed by atoms with Gasteiger partial charge in [0, 0.05) is 33.1 Å². The molecule has 0 atom stereocenters. The van der Waals surface area contributed by atoms with E-state index in [1.54, 1.807) is 18.2 Å². The van der Waals surface area contributed by atoms with Crippen molar-refractivity contribution in [3.8, 4) is 0 Å². The molecule has 0 spiro atoms. The van der Waals surface area contributed by atoms with Crippen molar-refractivity contribution in [3.63, 3.8) is 0 Å². The highest BCUT2D eigenvalue weighted by Gasteiger charge is 2.06. The van der Waals surface area contributed by atoms with Gasteiger partial charge in [0.2, 0.25) is 0 Å². The van der Waals surface area contributed by atoms with E-state index in [0.29, 0.717) is 30.1 Å². The van der Waals surface area contributed by atoms with Crippen molar-refractivity contribution in [2.45, 2.75) is 6.42 Å². The van der Waals surface area contributed by atoms with Gasteiger partial charge in [-0.3, -0.25) is 4.79 Å². The molecule has 5 nitrogen and oxygen atoms in total. The highest BCUT2D eigenvalue weighted by atomic mass is 79.9. The zero-order valence-electron chi connectivity index (χ0n) is 8.86. The van der Waals surface area contributed by atoms with E-state index in [0.717, 1.165) is 4.47 Å². The van der Waals surface area contributed by atoms with Crippen molar-refractivity contribution in [1.29, 1.82) is 0 Å². The maximum absolute atomic E-state index is 11.7. The van der Waals surface area contributed by atoms with Gasteiger partial charge in [-0.15, -0.1) is 0 Å². The summed E-state index contributed by atoms with van der Waals surface area (Å²) in [6.45, 7) is 0.831. The Morgan fingerprint density at radius 3 is 2.94 bits per heavy atom. The first-order valence-electron chi connectivity index (χ1n) is 4.88. The summed E-state index contributed by atoms with van der Waals surface area (Å²) in [5.41, 5.74) is 8.56. The van der Waals surface area contributed by atoms with Gasteiger partial charge in [0.15, 0.2) is 0 Å². The van der Waals surface area contributed by atoms with Crippen LogP contribution in [0.4, 0.5) is 0 Å². The molecule has 0 aliphatic carbocycles. The second-order valence-corrected chi connectivity index (χ2v) is 4.57. The number of hydrogen-bond acceptors (Lipinski definition) is 2. The number of hydrogen-bond donors (Lipinski definition) is 1. The molecule has 0 heterocycles. The van der Waals surface area contributed by atoms with Crippen LogP contribution in [-0.4, -0.2) is 19.0 Å². The molecule has 0 fully saturated rings. The number of azide groups is 1. The van der Waals surface area contributed by atoms with Gasteiger partial charge < -0.3 is 5.32 Å². The molecule has 0 bridgehead atoms. The van der Waals surface area contributed by atoms with Crippen molar-refractivity contribution in [2.75, 3.05) is 13.1 Å². The lowest BCUT2D eigenvalue weighted by atomic mass is 10.2. The maximum Gasteiger partial charge on any atom is 0.251 e. The number of carbonyl (C=O) groups excluding carboxylic acids is 1. The first kappa shape index (κ1) is 13.8. The Hall–Kier alpha value is -1.23. The lowest BCUT2D eigenvalue weighted by molar-refractivity contribution is 0.0953. The highest BCUT2D eigenvalue weighted by Crippen LogP contribution is 2.19. The van der Waals surface area contributed by atoms with Crippen molar-refractivity contribution in [2.24, 2.45) is 5.11 Å². The number of benzene rings is 1. The smallest absolute Gasteiger partial charge is 0.251 e. The Morgan fingerprint density at radius 1 is 1.53 bits per heavy atom. The molecule has 1 aromatic carbocycles. The number of amides is 1. The third kappa shape index (κ3) is 5.08. The van der Waals surface area contributed by atoms with Gasteiger partial charge in [-0.1, -0.05) is 32.6 Å². The molecular formula is C10H10BrClN4O. The molecule has 0 radical (unpaired) electrons. The van der Waals surface area contributed by atoms with Crippen LogP contribution in [0.5, 0.6) is 0 Å². The van der Waals surface area contributed by atoms with Crippen LogP contribution in [0, 0.1) is 0 Å². The molecule has 0 aliphatic rings. The summed E-state index contributed by atoms with van der Waals surface area (Å²) in [7, 11) is 0. The van der Waals surface area contributed by atoms with E-state index in [9.17, 15) is 4.79 Å². The standard InChI is InChI=1S/C10H10BrClN4O/c11-8-4-7(5-9(12)6-8)10(17)14-2-1-3-15-16-13/h4-6H,1-3H2,(H,14,17). The number of carbonyl (C=O) groups is 1. The molecule has 90 valence electrons. The van der Waals surface area contributed by atoms with Crippen LogP contribution >= 0.6 is 27.5 Å². The zero-order valence-corrected chi connectivity index (χ0v) is 11.2. The number of nitrogens with zero attached hydrogens (tertiary/aromatic N) is 3. The van der Waals surface area contributed by atoms with Crippen LogP contribution in [0.15, 0.2) is 27.8 Å². The third-order valence-electron chi connectivity index (χ3n) is 1.91. The molecule has 0 unspecified atom stereocenters. The van der Waals surface area contributed by atoms with Gasteiger partial charge in [0.25, 0.3) is 5.91 Å². The second-order valence-electron chi connectivity index (χ2n) is 3.22. The van der Waals surface area contributed by atoms with Gasteiger partial charge in [-0.2, -0.15) is 0 Å². The van der Waals surface area contributed by atoms with Crippen molar-refractivity contribution >= 4 is 33.4 Å². The fourth-order valence-electron chi connectivity index (χ4n) is 1.18. The van der Waals surface area contributed by atoms with Crippen molar-refractivity contribution in [1.82, 2.24) is 5.32 Å². The van der Waals surface area contributed by atoms with E-state index in [1.165, 1.54) is 0 Å². The molecule has 1 N–H and O–H groups in total. The molecule has 1 amide bonds. The minimum Gasteiger partial charge on any atom is -0.352 e. The lowest BCUT2D eigenvalue weighted by Crippen LogP contribution is -2.24. The SMILES string of the molecule is [N-]=[N+]=NCCCNC(=O)c1cc(Cl)cc(Br)c1. The first-order chi connectivity index (χ1) is 8.13. The fraction of sp³-hybridized carbons (Fsp3) is 0.300. The second kappa shape index (κ2) is 7.17. The van der Waals surface area contributed by atoms with E-state index in [2.05, 4.69) is 31.3 Å². The summed E-state index contributed by atoms with van der Waals surface area (Å²) < 4.78 is 0.754. The molecule has 0 aromatic heterocycles. The first-order valence-corrected chi connectivity index (χ1v) is 6.05. The van der Waals surface area contributed by atoms with Crippen LogP contribution in [0.25, 0.3) is 10.4 Å². The molecule has 0 aliphatic heterocycles. The monoisotopic (exact) mass is 316 g/mol. The Morgan fingerprint density at radius 2 is 2.29 bits per heavy atom. The van der Waals surface area contributed by atoms with Gasteiger partial charge >= 0.3 is 0 Å². The number of rotatable bonds is 5. The summed E-state index contributed by atoms with van der Waals surface area (Å²) in [6, 6.07) is 4.99. The van der Waals surface area contributed by atoms with Gasteiger partial charge in [0.1, 0.15) is 0 Å². The molecule has 0 saturated heterocycles. The highest BCUT2D eigenvalue weighted by molar-refractivity contribution is 9.10. The summed E-state index contributed by atoms with van der Waals surface area (Å²) in [5.74, 6) is -0.200. The summed E-state index contributed by atoms with van der Waals surface area (Å²) in [5, 5.41) is 6.58. The molecule has 1 aromatic rings. The maximum atomic E-state index is 11.7. The van der Waals surface area contributed by atoms with Gasteiger partial charge in [-0.05, 0) is 30.2 Å². The number of nitrogens with one attached hydrogen (secondary N) is 1. The molecule has 1 rings (SSSR count). The predicted molar refractivity (Wildman–Crippen MR) is 70.1 cm³/mol. The fourth-order valence-corrected chi connectivity index (χ4v) is 2.04. The topological polar surface area (TPSA) is 77.9 Å². The van der Waals surface area contributed by atoms with E-state index < -0.39 is 0 Å². The summed E-state index contributed by atoms with van der Waals surface area (Å²) >= 11 is 9.10. The van der Waals surface area contributed by atoms with E-state index >= 15 is 0 Å². The summed E-state index contributed by atoms with van der Waals surface area (Å²) in [4.78, 5) is 14.3. The Balaban J connectivity index is 2.49. The van der Waals surface area contributed by atoms with E-state index in [-0.39, 0.29) is 5.91 Å². The van der Waals surface area contributed by atoms with Crippen LogP contribution in [0.1, 0.15) is 16.8 Å². The van der Waals surface area contributed by atoms with Gasteiger partial charge in [-0.25, -0.2) is 0 Å². The van der Waals surface area contributed by atoms with Crippen LogP contribution in [-0.2, 0) is 0 Å². The van der Waals surface area contributed by atoms with Gasteiger partial charge in [0.05, 0.1) is 0 Å². The largest absolute Gasteiger partial charge is 0.352 e. The van der Waals surface area contributed by atoms with E-state index in [1.807, 2.05) is 0 Å². The third-order valence-corrected chi connectivity index (χ3v) is 2.58. The van der Waals surface area contributed by atoms with Crippen molar-refractivity contribution < 1.29 is 4.79 Å². The quantitative estimate of drug-likeness (QED) is 0.383.